The van der Waals surface area contributed by atoms with Crippen LogP contribution in [0.5, 0.6) is 0 Å². The molecule has 7 heteroatoms. The Hall–Kier alpha value is -2.41. The summed E-state index contributed by atoms with van der Waals surface area (Å²) in [5.41, 5.74) is -0.473. The van der Waals surface area contributed by atoms with Gasteiger partial charge < -0.3 is 5.32 Å². The van der Waals surface area contributed by atoms with Gasteiger partial charge in [-0.25, -0.2) is 4.39 Å². The normalized spacial score (nSPS) is 16.3. The number of carbonyl (C=O) groups is 1. The second kappa shape index (κ2) is 8.08. The molecule has 2 aromatic rings. The number of nitrogens with zero attached hydrogens (tertiary/aromatic N) is 1. The zero-order valence-corrected chi connectivity index (χ0v) is 14.6. The van der Waals surface area contributed by atoms with E-state index in [9.17, 15) is 22.4 Å². The Morgan fingerprint density at radius 2 is 1.67 bits per heavy atom. The van der Waals surface area contributed by atoms with Crippen LogP contribution in [0.2, 0.25) is 0 Å². The van der Waals surface area contributed by atoms with Crippen molar-refractivity contribution < 1.29 is 22.4 Å². The van der Waals surface area contributed by atoms with Crippen LogP contribution >= 0.6 is 0 Å². The molecule has 0 bridgehead atoms. The quantitative estimate of drug-likeness (QED) is 0.780. The minimum Gasteiger partial charge on any atom is -0.325 e. The Morgan fingerprint density at radius 3 is 2.33 bits per heavy atom. The maximum atomic E-state index is 13.7. The molecule has 27 heavy (non-hydrogen) atoms. The number of piperidine rings is 1. The van der Waals surface area contributed by atoms with Crippen molar-refractivity contribution in [3.63, 3.8) is 0 Å². The maximum absolute atomic E-state index is 13.7. The van der Waals surface area contributed by atoms with E-state index in [0.29, 0.717) is 38.0 Å². The lowest BCUT2D eigenvalue weighted by Gasteiger charge is -2.31. The number of nitrogens with one attached hydrogen (secondary N) is 1. The molecule has 1 amide bonds. The molecular formula is C20H20F4N2O. The minimum atomic E-state index is -4.52. The number of benzene rings is 2. The van der Waals surface area contributed by atoms with Crippen molar-refractivity contribution in [2.45, 2.75) is 25.6 Å². The van der Waals surface area contributed by atoms with Crippen molar-refractivity contribution in [3.05, 3.63) is 65.5 Å². The first-order valence-corrected chi connectivity index (χ1v) is 8.77. The van der Waals surface area contributed by atoms with Crippen LogP contribution in [0.25, 0.3) is 0 Å². The summed E-state index contributed by atoms with van der Waals surface area (Å²) in [6, 6.07) is 11.5. The lowest BCUT2D eigenvalue weighted by Crippen LogP contribution is -2.38. The first-order valence-electron chi connectivity index (χ1n) is 8.77. The number of anilines is 1. The average Bonchev–Trinajstić information content (AvgIpc) is 2.64. The van der Waals surface area contributed by atoms with Gasteiger partial charge in [0.2, 0.25) is 5.91 Å². The number of carbonyl (C=O) groups excluding carboxylic acids is 1. The molecule has 3 rings (SSSR count). The largest absolute Gasteiger partial charge is 0.418 e. The van der Waals surface area contributed by atoms with E-state index in [0.717, 1.165) is 6.07 Å². The maximum Gasteiger partial charge on any atom is 0.418 e. The Bertz CT molecular complexity index is 799. The van der Waals surface area contributed by atoms with Gasteiger partial charge in [0.1, 0.15) is 5.82 Å². The Balaban J connectivity index is 1.57. The third kappa shape index (κ3) is 4.86. The van der Waals surface area contributed by atoms with Gasteiger partial charge in [0.15, 0.2) is 0 Å². The van der Waals surface area contributed by atoms with E-state index in [4.69, 9.17) is 0 Å². The Labute approximate surface area is 155 Å². The van der Waals surface area contributed by atoms with E-state index in [1.54, 1.807) is 18.2 Å². The van der Waals surface area contributed by atoms with Crippen LogP contribution in [-0.2, 0) is 17.5 Å². The van der Waals surface area contributed by atoms with E-state index in [1.165, 1.54) is 24.3 Å². The van der Waals surface area contributed by atoms with Crippen LogP contribution in [0.1, 0.15) is 24.0 Å². The van der Waals surface area contributed by atoms with Crippen LogP contribution in [-0.4, -0.2) is 23.9 Å². The summed E-state index contributed by atoms with van der Waals surface area (Å²) in [4.78, 5) is 14.5. The molecule has 1 heterocycles. The molecule has 1 saturated heterocycles. The van der Waals surface area contributed by atoms with E-state index < -0.39 is 17.6 Å². The first kappa shape index (κ1) is 19.4. The molecule has 1 N–H and O–H groups in total. The van der Waals surface area contributed by atoms with E-state index >= 15 is 0 Å². The van der Waals surface area contributed by atoms with Crippen molar-refractivity contribution in [1.29, 1.82) is 0 Å². The molecular weight excluding hydrogens is 360 g/mol. The van der Waals surface area contributed by atoms with Crippen LogP contribution in [0.15, 0.2) is 48.5 Å². The Kier molecular flexibility index (Phi) is 5.79. The molecule has 144 valence electrons. The molecule has 0 unspecified atom stereocenters. The highest BCUT2D eigenvalue weighted by Gasteiger charge is 2.34. The average molecular weight is 380 g/mol. The van der Waals surface area contributed by atoms with Crippen molar-refractivity contribution in [3.8, 4) is 0 Å². The molecule has 1 aliphatic rings. The molecule has 3 nitrogen and oxygen atoms in total. The Morgan fingerprint density at radius 1 is 1.04 bits per heavy atom. The van der Waals surface area contributed by atoms with E-state index in [2.05, 4.69) is 5.32 Å². The molecule has 0 radical (unpaired) electrons. The van der Waals surface area contributed by atoms with Crippen LogP contribution in [0.4, 0.5) is 23.2 Å². The zero-order chi connectivity index (χ0) is 19.4. The SMILES string of the molecule is O=C(Nc1ccccc1C(F)(F)F)C1CCN(Cc2ccccc2F)CC1. The molecule has 1 fully saturated rings. The third-order valence-corrected chi connectivity index (χ3v) is 4.80. The number of amides is 1. The van der Waals surface area contributed by atoms with Crippen molar-refractivity contribution in [2.75, 3.05) is 18.4 Å². The fourth-order valence-corrected chi connectivity index (χ4v) is 3.29. The number of alkyl halides is 3. The van der Waals surface area contributed by atoms with Gasteiger partial charge in [-0.3, -0.25) is 9.69 Å². The van der Waals surface area contributed by atoms with Gasteiger partial charge in [0.05, 0.1) is 11.3 Å². The molecule has 0 aromatic heterocycles. The molecule has 0 aliphatic carbocycles. The number of hydrogen-bond acceptors (Lipinski definition) is 2. The summed E-state index contributed by atoms with van der Waals surface area (Å²) in [7, 11) is 0. The summed E-state index contributed by atoms with van der Waals surface area (Å²) in [5, 5.41) is 2.42. The number of likely N-dealkylation sites (tertiary alicyclic amines) is 1. The number of hydrogen-bond donors (Lipinski definition) is 1. The standard InChI is InChI=1S/C20H20F4N2O/c21-17-7-3-1-5-15(17)13-26-11-9-14(10-12-26)19(27)25-18-8-4-2-6-16(18)20(22,23)24/h1-8,14H,9-13H2,(H,25,27). The monoisotopic (exact) mass is 380 g/mol. The van der Waals surface area contributed by atoms with Crippen LogP contribution in [0.3, 0.4) is 0 Å². The van der Waals surface area contributed by atoms with Gasteiger partial charge in [-0.2, -0.15) is 13.2 Å². The second-order valence-electron chi connectivity index (χ2n) is 6.67. The number of para-hydroxylation sites is 1. The molecule has 1 aliphatic heterocycles. The topological polar surface area (TPSA) is 32.3 Å². The summed E-state index contributed by atoms with van der Waals surface area (Å²) < 4.78 is 52.9. The highest BCUT2D eigenvalue weighted by Crippen LogP contribution is 2.35. The fourth-order valence-electron chi connectivity index (χ4n) is 3.29. The van der Waals surface area contributed by atoms with Gasteiger partial charge in [-0.1, -0.05) is 30.3 Å². The fraction of sp³-hybridized carbons (Fsp3) is 0.350. The van der Waals surface area contributed by atoms with Gasteiger partial charge >= 0.3 is 6.18 Å². The van der Waals surface area contributed by atoms with E-state index in [-0.39, 0.29) is 17.4 Å². The predicted molar refractivity (Wildman–Crippen MR) is 94.5 cm³/mol. The summed E-state index contributed by atoms with van der Waals surface area (Å²) in [6.45, 7) is 1.64. The predicted octanol–water partition coefficient (Wildman–Crippen LogP) is 4.70. The van der Waals surface area contributed by atoms with Crippen LogP contribution < -0.4 is 5.32 Å². The van der Waals surface area contributed by atoms with Gasteiger partial charge in [-0.15, -0.1) is 0 Å². The third-order valence-electron chi connectivity index (χ3n) is 4.80. The van der Waals surface area contributed by atoms with Crippen molar-refractivity contribution in [1.82, 2.24) is 4.90 Å². The molecule has 0 saturated carbocycles. The molecule has 0 atom stereocenters. The van der Waals surface area contributed by atoms with E-state index in [1.807, 2.05) is 4.90 Å². The summed E-state index contributed by atoms with van der Waals surface area (Å²) >= 11 is 0. The second-order valence-corrected chi connectivity index (χ2v) is 6.67. The molecule has 2 aromatic carbocycles. The zero-order valence-electron chi connectivity index (χ0n) is 14.6. The van der Waals surface area contributed by atoms with Crippen molar-refractivity contribution in [2.24, 2.45) is 5.92 Å². The first-order chi connectivity index (χ1) is 12.8. The molecule has 0 spiro atoms. The highest BCUT2D eigenvalue weighted by atomic mass is 19.4. The number of halogens is 4. The van der Waals surface area contributed by atoms with Crippen molar-refractivity contribution >= 4 is 11.6 Å². The summed E-state index contributed by atoms with van der Waals surface area (Å²) in [5.74, 6) is -1.03. The highest BCUT2D eigenvalue weighted by molar-refractivity contribution is 5.93. The van der Waals surface area contributed by atoms with Gasteiger partial charge in [0.25, 0.3) is 0 Å². The van der Waals surface area contributed by atoms with Gasteiger partial charge in [-0.05, 0) is 44.1 Å². The minimum absolute atomic E-state index is 0.219. The lowest BCUT2D eigenvalue weighted by atomic mass is 9.95. The lowest BCUT2D eigenvalue weighted by molar-refractivity contribution is -0.137. The van der Waals surface area contributed by atoms with Crippen LogP contribution in [0, 0.1) is 11.7 Å². The smallest absolute Gasteiger partial charge is 0.325 e. The number of rotatable bonds is 4. The van der Waals surface area contributed by atoms with Gasteiger partial charge in [0, 0.05) is 18.0 Å². The summed E-state index contributed by atoms with van der Waals surface area (Å²) in [6.07, 6.45) is -3.48.